The minimum atomic E-state index is -0.284. The molecule has 0 bridgehead atoms. The van der Waals surface area contributed by atoms with Crippen molar-refractivity contribution in [2.45, 2.75) is 32.7 Å². The predicted octanol–water partition coefficient (Wildman–Crippen LogP) is 4.04. The first kappa shape index (κ1) is 16.5. The van der Waals surface area contributed by atoms with E-state index in [2.05, 4.69) is 25.8 Å². The van der Waals surface area contributed by atoms with Crippen LogP contribution in [-0.4, -0.2) is 16.5 Å². The van der Waals surface area contributed by atoms with Gasteiger partial charge in [-0.3, -0.25) is 4.79 Å². The summed E-state index contributed by atoms with van der Waals surface area (Å²) in [5.74, 6) is -0.284. The average Bonchev–Trinajstić information content (AvgIpc) is 3.32. The lowest BCUT2D eigenvalue weighted by atomic mass is 10.1. The Morgan fingerprint density at radius 1 is 1.33 bits per heavy atom. The number of carbonyl (C=O) groups is 1. The number of aromatic nitrogens is 1. The molecule has 2 aromatic rings. The van der Waals surface area contributed by atoms with Gasteiger partial charge < -0.3 is 9.88 Å². The zero-order valence-electron chi connectivity index (χ0n) is 13.6. The molecule has 1 heterocycles. The van der Waals surface area contributed by atoms with Crippen LogP contribution in [0.4, 0.5) is 0 Å². The van der Waals surface area contributed by atoms with Crippen molar-refractivity contribution in [3.8, 4) is 11.8 Å². The minimum absolute atomic E-state index is 0.151. The van der Waals surface area contributed by atoms with E-state index in [9.17, 15) is 10.1 Å². The van der Waals surface area contributed by atoms with E-state index in [-0.39, 0.29) is 17.5 Å². The molecule has 0 saturated heterocycles. The Bertz CT molecular complexity index is 852. The first-order valence-corrected chi connectivity index (χ1v) is 8.66. The molecule has 1 aliphatic rings. The highest BCUT2D eigenvalue weighted by molar-refractivity contribution is 9.10. The van der Waals surface area contributed by atoms with Gasteiger partial charge in [-0.1, -0.05) is 15.9 Å². The van der Waals surface area contributed by atoms with Crippen LogP contribution in [0.1, 0.15) is 29.8 Å². The maximum absolute atomic E-state index is 12.1. The van der Waals surface area contributed by atoms with Crippen molar-refractivity contribution >= 4 is 27.9 Å². The van der Waals surface area contributed by atoms with Crippen molar-refractivity contribution in [3.05, 3.63) is 57.3 Å². The topological polar surface area (TPSA) is 57.8 Å². The molecule has 0 unspecified atom stereocenters. The van der Waals surface area contributed by atoms with Crippen LogP contribution in [0.15, 0.2) is 40.4 Å². The molecule has 3 rings (SSSR count). The summed E-state index contributed by atoms with van der Waals surface area (Å²) >= 11 is 3.44. The Morgan fingerprint density at radius 2 is 2.00 bits per heavy atom. The smallest absolute Gasteiger partial charge is 0.262 e. The number of nitriles is 1. The third kappa shape index (κ3) is 3.44. The van der Waals surface area contributed by atoms with Crippen LogP contribution < -0.4 is 5.32 Å². The van der Waals surface area contributed by atoms with Gasteiger partial charge in [-0.2, -0.15) is 5.26 Å². The Balaban J connectivity index is 1.95. The molecule has 24 heavy (non-hydrogen) atoms. The van der Waals surface area contributed by atoms with Crippen molar-refractivity contribution in [1.29, 1.82) is 5.26 Å². The minimum Gasteiger partial charge on any atom is -0.349 e. The standard InChI is InChI=1S/C19H18BrN3O/c1-12-9-14(10-15(11-21)19(24)22-17-5-6-17)13(2)23(12)18-7-3-16(20)4-8-18/h3-4,7-10,17H,5-6H2,1-2H3,(H,22,24)/b15-10+. The normalized spacial score (nSPS) is 14.3. The lowest BCUT2D eigenvalue weighted by molar-refractivity contribution is -0.117. The Kier molecular flexibility index (Phi) is 4.59. The van der Waals surface area contributed by atoms with Crippen molar-refractivity contribution in [3.63, 3.8) is 0 Å². The quantitative estimate of drug-likeness (QED) is 0.639. The maximum atomic E-state index is 12.1. The summed E-state index contributed by atoms with van der Waals surface area (Å²) in [6.45, 7) is 4.01. The third-order valence-electron chi connectivity index (χ3n) is 4.13. The van der Waals surface area contributed by atoms with Crippen LogP contribution >= 0.6 is 15.9 Å². The molecule has 0 spiro atoms. The Labute approximate surface area is 149 Å². The Morgan fingerprint density at radius 3 is 2.58 bits per heavy atom. The summed E-state index contributed by atoms with van der Waals surface area (Å²) in [7, 11) is 0. The molecule has 1 N–H and O–H groups in total. The molecule has 4 nitrogen and oxygen atoms in total. The van der Waals surface area contributed by atoms with Crippen molar-refractivity contribution in [2.75, 3.05) is 0 Å². The lowest BCUT2D eigenvalue weighted by Crippen LogP contribution is -2.26. The molecule has 1 aliphatic carbocycles. The van der Waals surface area contributed by atoms with Crippen LogP contribution in [0.2, 0.25) is 0 Å². The first-order valence-electron chi connectivity index (χ1n) is 7.87. The van der Waals surface area contributed by atoms with Gasteiger partial charge in [0.2, 0.25) is 0 Å². The first-order chi connectivity index (χ1) is 11.5. The summed E-state index contributed by atoms with van der Waals surface area (Å²) in [6.07, 6.45) is 3.68. The molecular formula is C19H18BrN3O. The van der Waals surface area contributed by atoms with Gasteiger partial charge >= 0.3 is 0 Å². The maximum Gasteiger partial charge on any atom is 0.262 e. The number of aryl methyl sites for hydroxylation is 1. The number of hydrogen-bond donors (Lipinski definition) is 1. The second-order valence-electron chi connectivity index (χ2n) is 6.06. The predicted molar refractivity (Wildman–Crippen MR) is 97.7 cm³/mol. The zero-order chi connectivity index (χ0) is 17.3. The molecule has 0 radical (unpaired) electrons. The van der Waals surface area contributed by atoms with Crippen molar-refractivity contribution in [2.24, 2.45) is 0 Å². The molecule has 1 aromatic heterocycles. The fourth-order valence-electron chi connectivity index (χ4n) is 2.72. The number of nitrogens with one attached hydrogen (secondary N) is 1. The van der Waals surface area contributed by atoms with E-state index < -0.39 is 0 Å². The number of amides is 1. The van der Waals surface area contributed by atoms with E-state index in [1.54, 1.807) is 6.08 Å². The van der Waals surface area contributed by atoms with E-state index in [1.165, 1.54) is 0 Å². The van der Waals surface area contributed by atoms with E-state index >= 15 is 0 Å². The fourth-order valence-corrected chi connectivity index (χ4v) is 2.98. The molecule has 1 amide bonds. The van der Waals surface area contributed by atoms with Crippen LogP contribution in [0, 0.1) is 25.2 Å². The highest BCUT2D eigenvalue weighted by Gasteiger charge is 2.25. The van der Waals surface area contributed by atoms with Gasteiger partial charge in [0.1, 0.15) is 11.6 Å². The summed E-state index contributed by atoms with van der Waals surface area (Å²) in [4.78, 5) is 12.1. The second kappa shape index (κ2) is 6.66. The zero-order valence-corrected chi connectivity index (χ0v) is 15.2. The fraction of sp³-hybridized carbons (Fsp3) is 0.263. The number of carbonyl (C=O) groups excluding carboxylic acids is 1. The molecular weight excluding hydrogens is 366 g/mol. The molecule has 1 saturated carbocycles. The van der Waals surface area contributed by atoms with Crippen LogP contribution in [0.25, 0.3) is 11.8 Å². The van der Waals surface area contributed by atoms with Gasteiger partial charge in [-0.05, 0) is 68.7 Å². The molecule has 122 valence electrons. The molecule has 0 aliphatic heterocycles. The van der Waals surface area contributed by atoms with Gasteiger partial charge in [-0.25, -0.2) is 0 Å². The van der Waals surface area contributed by atoms with Gasteiger partial charge in [0.05, 0.1) is 0 Å². The highest BCUT2D eigenvalue weighted by atomic mass is 79.9. The van der Waals surface area contributed by atoms with Gasteiger partial charge in [0.25, 0.3) is 5.91 Å². The van der Waals surface area contributed by atoms with E-state index in [0.29, 0.717) is 0 Å². The lowest BCUT2D eigenvalue weighted by Gasteiger charge is -2.09. The van der Waals surface area contributed by atoms with E-state index in [1.807, 2.05) is 50.2 Å². The number of halogens is 1. The number of benzene rings is 1. The summed E-state index contributed by atoms with van der Waals surface area (Å²) < 4.78 is 3.14. The summed E-state index contributed by atoms with van der Waals surface area (Å²) in [5, 5.41) is 12.2. The van der Waals surface area contributed by atoms with E-state index in [4.69, 9.17) is 0 Å². The molecule has 5 heteroatoms. The number of rotatable bonds is 4. The van der Waals surface area contributed by atoms with Gasteiger partial charge in [0.15, 0.2) is 0 Å². The van der Waals surface area contributed by atoms with Gasteiger partial charge in [-0.15, -0.1) is 0 Å². The number of nitrogens with zero attached hydrogens (tertiary/aromatic N) is 2. The van der Waals surface area contributed by atoms with Crippen LogP contribution in [0.5, 0.6) is 0 Å². The summed E-state index contributed by atoms with van der Waals surface area (Å²) in [5.41, 5.74) is 4.15. The van der Waals surface area contributed by atoms with Crippen LogP contribution in [0.3, 0.4) is 0 Å². The third-order valence-corrected chi connectivity index (χ3v) is 4.66. The van der Waals surface area contributed by atoms with Gasteiger partial charge in [0, 0.05) is 27.6 Å². The van der Waals surface area contributed by atoms with E-state index in [0.717, 1.165) is 40.0 Å². The average molecular weight is 384 g/mol. The Hall–Kier alpha value is -2.32. The SMILES string of the molecule is Cc1cc(/C=C(\C#N)C(=O)NC2CC2)c(C)n1-c1ccc(Br)cc1. The summed E-state index contributed by atoms with van der Waals surface area (Å²) in [6, 6.07) is 12.3. The van der Waals surface area contributed by atoms with Crippen LogP contribution in [-0.2, 0) is 4.79 Å². The molecule has 1 fully saturated rings. The van der Waals surface area contributed by atoms with Crippen molar-refractivity contribution in [1.82, 2.24) is 9.88 Å². The van der Waals surface area contributed by atoms with Crippen molar-refractivity contribution < 1.29 is 4.79 Å². The molecule has 0 atom stereocenters. The highest BCUT2D eigenvalue weighted by Crippen LogP contribution is 2.24. The number of hydrogen-bond acceptors (Lipinski definition) is 2. The second-order valence-corrected chi connectivity index (χ2v) is 6.97. The molecule has 1 aromatic carbocycles. The monoisotopic (exact) mass is 383 g/mol. The largest absolute Gasteiger partial charge is 0.349 e.